The van der Waals surface area contributed by atoms with E-state index in [0.717, 1.165) is 70.6 Å². The molecule has 0 aliphatic rings. The molecular weight excluding hydrogens is 701 g/mol. The molecule has 2 N–H and O–H groups in total. The second-order valence-corrected chi connectivity index (χ2v) is 14.9. The largest absolute Gasteiger partial charge is 0.472 e. The fourth-order valence-electron chi connectivity index (χ4n) is 5.17. The predicted octanol–water partition coefficient (Wildman–Crippen LogP) is 11.8. The van der Waals surface area contributed by atoms with Crippen LogP contribution in [0.4, 0.5) is 0 Å². The minimum absolute atomic E-state index is 0.0326. The Kier molecular flexibility index (Phi) is 38.2. The Morgan fingerprint density at radius 1 is 0.593 bits per heavy atom. The lowest BCUT2D eigenvalue weighted by molar-refractivity contribution is -0.161. The molecule has 0 saturated heterocycles. The molecule has 0 radical (unpaired) electrons. The number of phosphoric acid groups is 1. The zero-order valence-corrected chi connectivity index (χ0v) is 35.0. The van der Waals surface area contributed by atoms with Gasteiger partial charge in [0, 0.05) is 19.4 Å². The normalized spacial score (nSPS) is 14.1. The molecule has 54 heavy (non-hydrogen) atoms. The van der Waals surface area contributed by atoms with Crippen molar-refractivity contribution in [3.63, 3.8) is 0 Å². The predicted molar refractivity (Wildman–Crippen MR) is 224 cm³/mol. The Bertz CT molecular complexity index is 1110. The van der Waals surface area contributed by atoms with Crippen LogP contribution in [0.2, 0.25) is 0 Å². The molecule has 0 rings (SSSR count). The molecular formula is C44H76NO8P. The molecule has 0 heterocycles. The van der Waals surface area contributed by atoms with E-state index in [-0.39, 0.29) is 26.1 Å². The van der Waals surface area contributed by atoms with Crippen LogP contribution in [0.25, 0.3) is 0 Å². The summed E-state index contributed by atoms with van der Waals surface area (Å²) in [4.78, 5) is 35.0. The van der Waals surface area contributed by atoms with Gasteiger partial charge in [-0.1, -0.05) is 138 Å². The number of nitrogens with one attached hydrogen (secondary N) is 1. The summed E-state index contributed by atoms with van der Waals surface area (Å²) in [6.07, 6.45) is 46.7. The topological polar surface area (TPSA) is 120 Å². The van der Waals surface area contributed by atoms with Gasteiger partial charge in [-0.05, 0) is 84.1 Å². The Hall–Kier alpha value is -2.55. The van der Waals surface area contributed by atoms with Crippen molar-refractivity contribution in [1.29, 1.82) is 0 Å². The molecule has 9 nitrogen and oxygen atoms in total. The number of carbonyl (C=O) groups excluding carboxylic acids is 2. The standard InChI is InChI=1S/C44H76NO8P/c1-4-6-8-10-12-14-16-18-20-21-23-25-27-29-31-33-35-37-44(47)53-42(41-52-54(48,49)51-39-38-45-3)40-50-43(46)36-34-32-30-28-26-24-22-19-17-15-13-11-9-7-5-2/h7,9,13,15,18-20,22-23,25,29,31,42,45H,4-6,8,10-12,14,16-17,21,24,26-28,30,32-41H2,1-3H3,(H,48,49)/b9-7-,15-13-,20-18-,22-19-,25-23-,31-29-. The first-order chi connectivity index (χ1) is 26.3. The van der Waals surface area contributed by atoms with Gasteiger partial charge in [-0.25, -0.2) is 4.57 Å². The number of phosphoric ester groups is 1. The summed E-state index contributed by atoms with van der Waals surface area (Å²) in [5.74, 6) is -0.895. The van der Waals surface area contributed by atoms with E-state index in [2.05, 4.69) is 86.0 Å². The van der Waals surface area contributed by atoms with Crippen LogP contribution in [0, 0.1) is 0 Å². The third-order valence-corrected chi connectivity index (χ3v) is 9.29. The number of esters is 2. The van der Waals surface area contributed by atoms with Gasteiger partial charge < -0.3 is 19.7 Å². The zero-order chi connectivity index (χ0) is 39.6. The molecule has 310 valence electrons. The summed E-state index contributed by atoms with van der Waals surface area (Å²) in [7, 11) is -2.68. The Labute approximate surface area is 329 Å². The molecule has 0 aromatic rings. The quantitative estimate of drug-likeness (QED) is 0.0273. The van der Waals surface area contributed by atoms with Crippen LogP contribution in [-0.2, 0) is 32.7 Å². The number of carbonyl (C=O) groups is 2. The first-order valence-corrected chi connectivity index (χ1v) is 22.4. The molecule has 0 bridgehead atoms. The Morgan fingerprint density at radius 3 is 1.63 bits per heavy atom. The molecule has 0 aliphatic carbocycles. The lowest BCUT2D eigenvalue weighted by Gasteiger charge is -2.20. The monoisotopic (exact) mass is 778 g/mol. The maximum Gasteiger partial charge on any atom is 0.472 e. The van der Waals surface area contributed by atoms with Gasteiger partial charge in [0.15, 0.2) is 6.10 Å². The summed E-state index contributed by atoms with van der Waals surface area (Å²) in [5, 5.41) is 2.81. The van der Waals surface area contributed by atoms with Crippen LogP contribution in [0.5, 0.6) is 0 Å². The average molecular weight is 778 g/mol. The van der Waals surface area contributed by atoms with Gasteiger partial charge in [0.1, 0.15) is 6.61 Å². The minimum Gasteiger partial charge on any atom is -0.462 e. The minimum atomic E-state index is -4.37. The van der Waals surface area contributed by atoms with Gasteiger partial charge in [-0.3, -0.25) is 18.6 Å². The SMILES string of the molecule is CC/C=C\C/C=C\C/C=C\CCCCCCCC(=O)OCC(COP(=O)(O)OCCNC)OC(=O)CCC/C=C\C/C=C\C/C=C\CCCCCCCC. The van der Waals surface area contributed by atoms with Crippen molar-refractivity contribution in [2.75, 3.05) is 33.4 Å². The van der Waals surface area contributed by atoms with Gasteiger partial charge >= 0.3 is 19.8 Å². The van der Waals surface area contributed by atoms with Crippen molar-refractivity contribution < 1.29 is 37.6 Å². The second-order valence-electron chi connectivity index (χ2n) is 13.4. The molecule has 0 fully saturated rings. The molecule has 2 atom stereocenters. The number of hydrogen-bond acceptors (Lipinski definition) is 8. The van der Waals surface area contributed by atoms with Crippen molar-refractivity contribution in [1.82, 2.24) is 5.32 Å². The third kappa shape index (κ3) is 39.2. The zero-order valence-electron chi connectivity index (χ0n) is 34.1. The van der Waals surface area contributed by atoms with Crippen LogP contribution in [0.3, 0.4) is 0 Å². The highest BCUT2D eigenvalue weighted by molar-refractivity contribution is 7.47. The maximum absolute atomic E-state index is 12.6. The molecule has 2 unspecified atom stereocenters. The van der Waals surface area contributed by atoms with Crippen LogP contribution in [0.1, 0.15) is 155 Å². The molecule has 0 aromatic carbocycles. The summed E-state index contributed by atoms with van der Waals surface area (Å²) >= 11 is 0. The molecule has 0 aliphatic heterocycles. The van der Waals surface area contributed by atoms with E-state index < -0.39 is 32.5 Å². The summed E-state index contributed by atoms with van der Waals surface area (Å²) in [5.41, 5.74) is 0. The van der Waals surface area contributed by atoms with Crippen molar-refractivity contribution in [2.45, 2.75) is 161 Å². The lowest BCUT2D eigenvalue weighted by atomic mass is 10.1. The van der Waals surface area contributed by atoms with Gasteiger partial charge in [-0.2, -0.15) is 0 Å². The number of allylic oxidation sites excluding steroid dienone is 12. The van der Waals surface area contributed by atoms with Crippen LogP contribution in [0.15, 0.2) is 72.9 Å². The van der Waals surface area contributed by atoms with Crippen LogP contribution < -0.4 is 5.32 Å². The summed E-state index contributed by atoms with van der Waals surface area (Å²) in [6.45, 7) is 4.01. The lowest BCUT2D eigenvalue weighted by Crippen LogP contribution is -2.29. The van der Waals surface area contributed by atoms with Crippen molar-refractivity contribution >= 4 is 19.8 Å². The highest BCUT2D eigenvalue weighted by Crippen LogP contribution is 2.43. The molecule has 0 aromatic heterocycles. The van der Waals surface area contributed by atoms with E-state index in [1.54, 1.807) is 7.05 Å². The fraction of sp³-hybridized carbons (Fsp3) is 0.682. The highest BCUT2D eigenvalue weighted by Gasteiger charge is 2.26. The molecule has 0 spiro atoms. The van der Waals surface area contributed by atoms with E-state index >= 15 is 0 Å². The first kappa shape index (κ1) is 51.5. The van der Waals surface area contributed by atoms with Gasteiger partial charge in [0.2, 0.25) is 0 Å². The van der Waals surface area contributed by atoms with Gasteiger partial charge in [-0.15, -0.1) is 0 Å². The number of ether oxygens (including phenoxy) is 2. The number of rotatable bonds is 38. The van der Waals surface area contributed by atoms with Crippen LogP contribution in [-0.4, -0.2) is 56.3 Å². The maximum atomic E-state index is 12.6. The summed E-state index contributed by atoms with van der Waals surface area (Å²) < 4.78 is 33.1. The van der Waals surface area contributed by atoms with Gasteiger partial charge in [0.05, 0.1) is 13.2 Å². The van der Waals surface area contributed by atoms with Crippen LogP contribution >= 0.6 is 7.82 Å². The van der Waals surface area contributed by atoms with E-state index in [9.17, 15) is 19.0 Å². The average Bonchev–Trinajstić information content (AvgIpc) is 3.15. The molecule has 0 saturated carbocycles. The smallest absolute Gasteiger partial charge is 0.462 e. The number of unbranched alkanes of at least 4 members (excludes halogenated alkanes) is 12. The number of likely N-dealkylation sites (N-methyl/N-ethyl adjacent to an activating group) is 1. The molecule has 0 amide bonds. The van der Waals surface area contributed by atoms with E-state index in [1.165, 1.54) is 38.5 Å². The number of hydrogen-bond donors (Lipinski definition) is 2. The second kappa shape index (κ2) is 40.1. The first-order valence-electron chi connectivity index (χ1n) is 20.9. The van der Waals surface area contributed by atoms with Crippen molar-refractivity contribution in [2.24, 2.45) is 0 Å². The van der Waals surface area contributed by atoms with E-state index in [0.29, 0.717) is 25.8 Å². The molecule has 10 heteroatoms. The highest BCUT2D eigenvalue weighted by atomic mass is 31.2. The van der Waals surface area contributed by atoms with E-state index in [4.69, 9.17) is 18.5 Å². The fourth-order valence-corrected chi connectivity index (χ4v) is 5.92. The van der Waals surface area contributed by atoms with E-state index in [1.807, 2.05) is 6.08 Å². The summed E-state index contributed by atoms with van der Waals surface area (Å²) in [6, 6.07) is 0. The van der Waals surface area contributed by atoms with Crippen molar-refractivity contribution in [3.05, 3.63) is 72.9 Å². The van der Waals surface area contributed by atoms with Crippen molar-refractivity contribution in [3.8, 4) is 0 Å². The van der Waals surface area contributed by atoms with Gasteiger partial charge in [0.25, 0.3) is 0 Å². The third-order valence-electron chi connectivity index (χ3n) is 8.31. The Balaban J connectivity index is 4.38. The Morgan fingerprint density at radius 2 is 1.07 bits per heavy atom.